The van der Waals surface area contributed by atoms with Crippen LogP contribution < -0.4 is 9.04 Å². The molecule has 34 heavy (non-hydrogen) atoms. The molecule has 2 aromatic carbocycles. The van der Waals surface area contributed by atoms with Crippen LogP contribution >= 0.6 is 0 Å². The van der Waals surface area contributed by atoms with Crippen molar-refractivity contribution in [3.63, 3.8) is 0 Å². The fourth-order valence-corrected chi connectivity index (χ4v) is 6.48. The SMILES string of the molecule is O=C(O)c1c(N(c2ccc(F)cc2C2CC2CN2CCCC2)S(=O)[O-])ccc2c1OC[C@@H]1C[C@H]21. The van der Waals surface area contributed by atoms with Crippen molar-refractivity contribution in [1.82, 2.24) is 4.90 Å². The number of carboxylic acid groups (broad SMARTS) is 1. The van der Waals surface area contributed by atoms with E-state index in [9.17, 15) is 23.1 Å². The number of likely N-dealkylation sites (tertiary alicyclic amines) is 1. The standard InChI is InChI=1S/C25H27FN2O5S/c26-16-3-5-21(20(11-16)18-9-14(18)12-27-7-1-2-8-27)28(34(31)32)22-6-4-17-19-10-15(19)13-33-24(17)23(22)25(29)30/h3-6,11,14-15,18-19H,1-2,7-10,12-13H2,(H,29,30)(H,31,32)/p-1/t14?,15-,18?,19-/m0/s1. The van der Waals surface area contributed by atoms with E-state index in [2.05, 4.69) is 4.90 Å². The first kappa shape index (κ1) is 22.0. The van der Waals surface area contributed by atoms with E-state index in [1.165, 1.54) is 31.0 Å². The van der Waals surface area contributed by atoms with Gasteiger partial charge >= 0.3 is 5.97 Å². The summed E-state index contributed by atoms with van der Waals surface area (Å²) in [6, 6.07) is 7.38. The van der Waals surface area contributed by atoms with Crippen molar-refractivity contribution < 1.29 is 27.8 Å². The molecule has 9 heteroatoms. The molecule has 0 spiro atoms. The van der Waals surface area contributed by atoms with Crippen LogP contribution in [0.3, 0.4) is 0 Å². The van der Waals surface area contributed by atoms with E-state index in [1.54, 1.807) is 12.1 Å². The second-order valence-corrected chi connectivity index (χ2v) is 10.7. The Balaban J connectivity index is 1.40. The van der Waals surface area contributed by atoms with Gasteiger partial charge in [0.2, 0.25) is 0 Å². The van der Waals surface area contributed by atoms with E-state index < -0.39 is 23.1 Å². The fraction of sp³-hybridized carbons (Fsp3) is 0.480. The second kappa shape index (κ2) is 8.32. The van der Waals surface area contributed by atoms with Gasteiger partial charge in [0.1, 0.15) is 17.1 Å². The van der Waals surface area contributed by atoms with Gasteiger partial charge in [0, 0.05) is 12.5 Å². The topological polar surface area (TPSA) is 93.1 Å². The summed E-state index contributed by atoms with van der Waals surface area (Å²) in [4.78, 5) is 14.7. The number of halogens is 1. The van der Waals surface area contributed by atoms with Crippen LogP contribution in [0.4, 0.5) is 15.8 Å². The molecule has 2 aliphatic carbocycles. The molecule has 2 aromatic rings. The number of carbonyl (C=O) groups is 1. The third kappa shape index (κ3) is 3.79. The number of hydrogen-bond donors (Lipinski definition) is 1. The van der Waals surface area contributed by atoms with Crippen molar-refractivity contribution in [2.45, 2.75) is 37.5 Å². The first-order valence-electron chi connectivity index (χ1n) is 11.9. The summed E-state index contributed by atoms with van der Waals surface area (Å²) < 4.78 is 46.2. The van der Waals surface area contributed by atoms with Gasteiger partial charge < -0.3 is 19.3 Å². The molecule has 1 saturated heterocycles. The zero-order chi connectivity index (χ0) is 23.6. The Morgan fingerprint density at radius 3 is 2.65 bits per heavy atom. The molecular weight excluding hydrogens is 459 g/mol. The van der Waals surface area contributed by atoms with Gasteiger partial charge in [0.25, 0.3) is 0 Å². The molecule has 4 aliphatic rings. The lowest BCUT2D eigenvalue weighted by atomic mass is 9.99. The van der Waals surface area contributed by atoms with E-state index in [1.807, 2.05) is 0 Å². The number of hydrogen-bond acceptors (Lipinski definition) is 5. The Bertz CT molecular complexity index is 1180. The largest absolute Gasteiger partial charge is 0.755 e. The first-order chi connectivity index (χ1) is 16.4. The monoisotopic (exact) mass is 485 g/mol. The van der Waals surface area contributed by atoms with Gasteiger partial charge in [-0.1, -0.05) is 6.07 Å². The molecule has 2 heterocycles. The molecule has 5 atom stereocenters. The summed E-state index contributed by atoms with van der Waals surface area (Å²) in [6.07, 6.45) is 4.18. The Hall–Kier alpha value is -2.49. The highest BCUT2D eigenvalue weighted by molar-refractivity contribution is 7.81. The van der Waals surface area contributed by atoms with Gasteiger partial charge in [0.15, 0.2) is 0 Å². The molecule has 7 nitrogen and oxygen atoms in total. The third-order valence-electron chi connectivity index (χ3n) is 7.73. The average Bonchev–Trinajstić information content (AvgIpc) is 3.70. The Kier molecular flexibility index (Phi) is 5.38. The number of nitrogens with zero attached hydrogens (tertiary/aromatic N) is 2. The van der Waals surface area contributed by atoms with E-state index >= 15 is 0 Å². The van der Waals surface area contributed by atoms with Gasteiger partial charge in [-0.3, -0.25) is 8.51 Å². The van der Waals surface area contributed by atoms with Crippen molar-refractivity contribution in [2.75, 3.05) is 30.5 Å². The van der Waals surface area contributed by atoms with E-state index in [-0.39, 0.29) is 28.8 Å². The minimum atomic E-state index is -2.82. The molecule has 2 saturated carbocycles. The Labute approximate surface area is 199 Å². The Morgan fingerprint density at radius 2 is 1.91 bits per heavy atom. The van der Waals surface area contributed by atoms with Crippen molar-refractivity contribution >= 4 is 28.6 Å². The van der Waals surface area contributed by atoms with Gasteiger partial charge in [0.05, 0.1) is 29.2 Å². The first-order valence-corrected chi connectivity index (χ1v) is 12.9. The lowest BCUT2D eigenvalue weighted by Crippen LogP contribution is -2.25. The molecular formula is C25H26FN2O5S-. The third-order valence-corrected chi connectivity index (χ3v) is 8.43. The molecule has 0 amide bonds. The van der Waals surface area contributed by atoms with Crippen molar-refractivity contribution in [3.8, 4) is 5.75 Å². The molecule has 0 radical (unpaired) electrons. The van der Waals surface area contributed by atoms with E-state index in [4.69, 9.17) is 4.74 Å². The fourth-order valence-electron chi connectivity index (χ4n) is 5.84. The maximum atomic E-state index is 14.3. The van der Waals surface area contributed by atoms with Gasteiger partial charge in [-0.25, -0.2) is 9.18 Å². The highest BCUT2D eigenvalue weighted by atomic mass is 32.2. The summed E-state index contributed by atoms with van der Waals surface area (Å²) in [5, 5.41) is 10.1. The molecule has 6 rings (SSSR count). The van der Waals surface area contributed by atoms with Crippen molar-refractivity contribution in [1.29, 1.82) is 0 Å². The van der Waals surface area contributed by atoms with Crippen LogP contribution in [0.1, 0.15) is 59.0 Å². The molecule has 2 aliphatic heterocycles. The van der Waals surface area contributed by atoms with Crippen LogP contribution in [-0.2, 0) is 11.3 Å². The molecule has 0 aromatic heterocycles. The molecule has 3 fully saturated rings. The number of rotatable bonds is 7. The van der Waals surface area contributed by atoms with E-state index in [0.29, 0.717) is 29.7 Å². The van der Waals surface area contributed by atoms with E-state index in [0.717, 1.165) is 42.3 Å². The zero-order valence-electron chi connectivity index (χ0n) is 18.6. The highest BCUT2D eigenvalue weighted by Crippen LogP contribution is 2.57. The number of ether oxygens (including phenoxy) is 1. The lowest BCUT2D eigenvalue weighted by Gasteiger charge is -2.31. The van der Waals surface area contributed by atoms with Crippen LogP contribution in [0, 0.1) is 17.7 Å². The molecule has 3 unspecified atom stereocenters. The maximum absolute atomic E-state index is 14.3. The number of fused-ring (bicyclic) bond motifs is 3. The average molecular weight is 486 g/mol. The van der Waals surface area contributed by atoms with Gasteiger partial charge in [-0.2, -0.15) is 0 Å². The summed E-state index contributed by atoms with van der Waals surface area (Å²) in [7, 11) is 0. The summed E-state index contributed by atoms with van der Waals surface area (Å²) in [5.41, 5.74) is 1.58. The molecule has 0 bridgehead atoms. The summed E-state index contributed by atoms with van der Waals surface area (Å²) in [6.45, 7) is 3.48. The van der Waals surface area contributed by atoms with Crippen molar-refractivity contribution in [2.24, 2.45) is 11.8 Å². The summed E-state index contributed by atoms with van der Waals surface area (Å²) in [5.74, 6) is -0.402. The second-order valence-electron chi connectivity index (χ2n) is 9.92. The highest BCUT2D eigenvalue weighted by Gasteiger charge is 2.46. The summed E-state index contributed by atoms with van der Waals surface area (Å²) >= 11 is -2.82. The van der Waals surface area contributed by atoms with Crippen LogP contribution in [0.5, 0.6) is 5.75 Å². The minimum Gasteiger partial charge on any atom is -0.755 e. The molecule has 1 N–H and O–H groups in total. The number of carboxylic acids is 1. The normalized spacial score (nSPS) is 27.9. The predicted octanol–water partition coefficient (Wildman–Crippen LogP) is 4.15. The van der Waals surface area contributed by atoms with Gasteiger partial charge in [-0.05, 0) is 91.9 Å². The Morgan fingerprint density at radius 1 is 1.15 bits per heavy atom. The number of benzene rings is 2. The quantitative estimate of drug-likeness (QED) is 0.593. The number of aromatic carboxylic acids is 1. The molecule has 180 valence electrons. The smallest absolute Gasteiger partial charge is 0.341 e. The lowest BCUT2D eigenvalue weighted by molar-refractivity contribution is 0.0692. The minimum absolute atomic E-state index is 0.0169. The maximum Gasteiger partial charge on any atom is 0.341 e. The van der Waals surface area contributed by atoms with Crippen LogP contribution in [0.15, 0.2) is 30.3 Å². The van der Waals surface area contributed by atoms with Crippen LogP contribution in [0.25, 0.3) is 0 Å². The van der Waals surface area contributed by atoms with Crippen molar-refractivity contribution in [3.05, 3.63) is 52.8 Å². The van der Waals surface area contributed by atoms with Gasteiger partial charge in [-0.15, -0.1) is 0 Å². The zero-order valence-corrected chi connectivity index (χ0v) is 19.4. The predicted molar refractivity (Wildman–Crippen MR) is 124 cm³/mol. The number of anilines is 2. The van der Waals surface area contributed by atoms with Crippen LogP contribution in [0.2, 0.25) is 0 Å². The van der Waals surface area contributed by atoms with Crippen LogP contribution in [-0.4, -0.2) is 51.0 Å².